The van der Waals surface area contributed by atoms with Gasteiger partial charge in [0.1, 0.15) is 5.01 Å². The number of carbonyl (C=O) groups is 1. The van der Waals surface area contributed by atoms with Crippen LogP contribution in [0.3, 0.4) is 0 Å². The highest BCUT2D eigenvalue weighted by atomic mass is 32.1. The molecule has 0 fully saturated rings. The van der Waals surface area contributed by atoms with Crippen molar-refractivity contribution in [1.29, 1.82) is 0 Å². The zero-order valence-corrected chi connectivity index (χ0v) is 17.2. The van der Waals surface area contributed by atoms with Crippen LogP contribution in [0.5, 0.6) is 0 Å². The summed E-state index contributed by atoms with van der Waals surface area (Å²) in [7, 11) is 0. The minimum Gasteiger partial charge on any atom is -0.294 e. The van der Waals surface area contributed by atoms with Gasteiger partial charge in [-0.15, -0.1) is 11.3 Å². The number of carbonyl (C=O) groups excluding carboxylic acids is 1. The van der Waals surface area contributed by atoms with Crippen LogP contribution in [0.4, 0.5) is 0 Å². The van der Waals surface area contributed by atoms with E-state index in [2.05, 4.69) is 59.6 Å². The normalized spacial score (nSPS) is 15.4. The van der Waals surface area contributed by atoms with E-state index in [1.54, 1.807) is 11.3 Å². The molecule has 0 aliphatic heterocycles. The third-order valence-electron chi connectivity index (χ3n) is 6.05. The highest BCUT2D eigenvalue weighted by molar-refractivity contribution is 7.18. The van der Waals surface area contributed by atoms with E-state index in [1.807, 2.05) is 24.4 Å². The van der Waals surface area contributed by atoms with Gasteiger partial charge in [-0.3, -0.25) is 4.79 Å². The quantitative estimate of drug-likeness (QED) is 0.350. The Morgan fingerprint density at radius 2 is 1.83 bits per heavy atom. The van der Waals surface area contributed by atoms with Crippen molar-refractivity contribution in [3.8, 4) is 21.0 Å². The Hall–Kier alpha value is -3.30. The number of thiazole rings is 1. The van der Waals surface area contributed by atoms with Crippen LogP contribution in [-0.4, -0.2) is 10.8 Å². The van der Waals surface area contributed by atoms with Gasteiger partial charge in [0.2, 0.25) is 0 Å². The Morgan fingerprint density at radius 3 is 2.73 bits per heavy atom. The molecule has 6 rings (SSSR count). The summed E-state index contributed by atoms with van der Waals surface area (Å²) in [5, 5.41) is 3.14. The van der Waals surface area contributed by atoms with Crippen LogP contribution in [0.15, 0.2) is 84.6 Å². The fraction of sp³-hybridized carbons (Fsp3) is 0.111. The molecule has 1 aromatic heterocycles. The predicted molar refractivity (Wildman–Crippen MR) is 125 cm³/mol. The first-order valence-corrected chi connectivity index (χ1v) is 11.1. The molecule has 30 heavy (non-hydrogen) atoms. The van der Waals surface area contributed by atoms with Crippen LogP contribution in [0.1, 0.15) is 35.2 Å². The molecule has 3 heteroatoms. The van der Waals surface area contributed by atoms with Gasteiger partial charge in [-0.1, -0.05) is 72.3 Å². The van der Waals surface area contributed by atoms with E-state index >= 15 is 0 Å². The summed E-state index contributed by atoms with van der Waals surface area (Å²) < 4.78 is 0. The van der Waals surface area contributed by atoms with E-state index < -0.39 is 0 Å². The molecule has 1 heterocycles. The maximum atomic E-state index is 13.0. The van der Waals surface area contributed by atoms with E-state index in [1.165, 1.54) is 16.7 Å². The molecule has 0 bridgehead atoms. The number of fused-ring (bicyclic) bond motifs is 4. The average molecular weight is 406 g/mol. The topological polar surface area (TPSA) is 30.0 Å². The van der Waals surface area contributed by atoms with Crippen molar-refractivity contribution in [2.45, 2.75) is 19.3 Å². The molecule has 144 valence electrons. The van der Waals surface area contributed by atoms with Crippen LogP contribution in [0.25, 0.3) is 37.4 Å². The first-order chi connectivity index (χ1) is 14.8. The monoisotopic (exact) mass is 405 g/mol. The van der Waals surface area contributed by atoms with E-state index in [0.29, 0.717) is 6.42 Å². The Morgan fingerprint density at radius 1 is 0.933 bits per heavy atom. The number of Topliss-reactive ketones (excluding diaryl/α,β-unsaturated/α-hetero) is 1. The van der Waals surface area contributed by atoms with Crippen molar-refractivity contribution >= 4 is 33.5 Å². The number of allylic oxidation sites excluding steroid dienone is 4. The number of hydrogen-bond acceptors (Lipinski definition) is 3. The fourth-order valence-electron chi connectivity index (χ4n) is 4.59. The Labute approximate surface area is 179 Å². The fourth-order valence-corrected chi connectivity index (χ4v) is 5.51. The molecule has 0 unspecified atom stereocenters. The molecule has 2 nitrogen and oxygen atoms in total. The van der Waals surface area contributed by atoms with E-state index in [0.717, 1.165) is 50.2 Å². The summed E-state index contributed by atoms with van der Waals surface area (Å²) in [5.41, 5.74) is 6.81. The molecular weight excluding hydrogens is 386 g/mol. The molecular formula is C27H19NOS. The molecule has 0 amide bonds. The summed E-state index contributed by atoms with van der Waals surface area (Å²) in [5.74, 6) is 0.248. The summed E-state index contributed by atoms with van der Waals surface area (Å²) >= 11 is 1.70. The maximum Gasteiger partial charge on any atom is 0.168 e. The van der Waals surface area contributed by atoms with Crippen LogP contribution < -0.4 is 0 Å². The van der Waals surface area contributed by atoms with Gasteiger partial charge in [0.25, 0.3) is 0 Å². The highest BCUT2D eigenvalue weighted by Gasteiger charge is 2.26. The van der Waals surface area contributed by atoms with Gasteiger partial charge in [0.15, 0.2) is 5.78 Å². The molecule has 0 N–H and O–H groups in total. The van der Waals surface area contributed by atoms with Crippen LogP contribution in [0.2, 0.25) is 0 Å². The van der Waals surface area contributed by atoms with Gasteiger partial charge in [0.05, 0.1) is 4.88 Å². The summed E-state index contributed by atoms with van der Waals surface area (Å²) in [6.45, 7) is 0. The first kappa shape index (κ1) is 17.5. The predicted octanol–water partition coefficient (Wildman–Crippen LogP) is 7.32. The smallest absolute Gasteiger partial charge is 0.168 e. The molecule has 0 radical (unpaired) electrons. The SMILES string of the molecule is O=C1CC2=C(C=CCC2)c2ccc3cc(-c4ncc(-c5ccccc5)s4)ccc3c21. The second kappa shape index (κ2) is 6.89. The van der Waals surface area contributed by atoms with Crippen molar-refractivity contribution in [1.82, 2.24) is 4.98 Å². The second-order valence-electron chi connectivity index (χ2n) is 7.88. The number of benzene rings is 3. The Bertz CT molecular complexity index is 1370. The number of aromatic nitrogens is 1. The highest BCUT2D eigenvalue weighted by Crippen LogP contribution is 2.41. The van der Waals surface area contributed by atoms with Gasteiger partial charge in [0, 0.05) is 23.7 Å². The van der Waals surface area contributed by atoms with Crippen molar-refractivity contribution in [2.75, 3.05) is 0 Å². The van der Waals surface area contributed by atoms with Crippen molar-refractivity contribution in [3.63, 3.8) is 0 Å². The largest absolute Gasteiger partial charge is 0.294 e. The van der Waals surface area contributed by atoms with Gasteiger partial charge in [-0.25, -0.2) is 4.98 Å². The molecule has 0 saturated heterocycles. The third-order valence-corrected chi connectivity index (χ3v) is 7.15. The number of hydrogen-bond donors (Lipinski definition) is 0. The second-order valence-corrected chi connectivity index (χ2v) is 8.91. The Balaban J connectivity index is 1.45. The number of nitrogens with zero attached hydrogens (tertiary/aromatic N) is 1. The van der Waals surface area contributed by atoms with E-state index in [4.69, 9.17) is 0 Å². The minimum absolute atomic E-state index is 0.248. The van der Waals surface area contributed by atoms with Crippen molar-refractivity contribution in [2.24, 2.45) is 0 Å². The number of ketones is 1. The lowest BCUT2D eigenvalue weighted by Gasteiger charge is -2.24. The lowest BCUT2D eigenvalue weighted by atomic mass is 9.79. The van der Waals surface area contributed by atoms with Gasteiger partial charge in [-0.05, 0) is 46.4 Å². The van der Waals surface area contributed by atoms with Gasteiger partial charge >= 0.3 is 0 Å². The van der Waals surface area contributed by atoms with E-state index in [-0.39, 0.29) is 5.78 Å². The average Bonchev–Trinajstić information content (AvgIpc) is 3.29. The summed E-state index contributed by atoms with van der Waals surface area (Å²) in [6, 6.07) is 21.0. The molecule has 0 saturated carbocycles. The van der Waals surface area contributed by atoms with Crippen molar-refractivity contribution in [3.05, 3.63) is 95.7 Å². The number of rotatable bonds is 2. The van der Waals surface area contributed by atoms with Crippen LogP contribution in [-0.2, 0) is 0 Å². The van der Waals surface area contributed by atoms with Gasteiger partial charge < -0.3 is 0 Å². The standard InChI is InChI=1S/C27H19NOS/c29-24-15-18-8-4-5-9-21(18)23-13-10-19-14-20(11-12-22(19)26(23)24)27-28-16-25(30-27)17-6-2-1-3-7-17/h1-3,5-7,9-14,16H,4,8,15H2. The van der Waals surface area contributed by atoms with Gasteiger partial charge in [-0.2, -0.15) is 0 Å². The molecule has 3 aromatic carbocycles. The third kappa shape index (κ3) is 2.78. The van der Waals surface area contributed by atoms with Crippen LogP contribution in [0, 0.1) is 0 Å². The lowest BCUT2D eigenvalue weighted by molar-refractivity contribution is 0.0992. The molecule has 2 aliphatic rings. The van der Waals surface area contributed by atoms with E-state index in [9.17, 15) is 4.79 Å². The van der Waals surface area contributed by atoms with Crippen molar-refractivity contribution < 1.29 is 4.79 Å². The zero-order chi connectivity index (χ0) is 20.1. The first-order valence-electron chi connectivity index (χ1n) is 10.3. The molecule has 2 aliphatic carbocycles. The summed E-state index contributed by atoms with van der Waals surface area (Å²) in [4.78, 5) is 18.8. The molecule has 4 aromatic rings. The maximum absolute atomic E-state index is 13.0. The minimum atomic E-state index is 0.248. The zero-order valence-electron chi connectivity index (χ0n) is 16.4. The lowest BCUT2D eigenvalue weighted by Crippen LogP contribution is -2.13. The Kier molecular flexibility index (Phi) is 4.03. The summed E-state index contributed by atoms with van der Waals surface area (Å²) in [6.07, 6.45) is 8.96. The molecule has 0 atom stereocenters. The molecule has 0 spiro atoms. The van der Waals surface area contributed by atoms with Crippen LogP contribution >= 0.6 is 11.3 Å².